The van der Waals surface area contributed by atoms with Gasteiger partial charge in [-0.15, -0.1) is 11.3 Å². The maximum atomic E-state index is 12.9. The third-order valence-corrected chi connectivity index (χ3v) is 6.97. The van der Waals surface area contributed by atoms with E-state index in [2.05, 4.69) is 23.6 Å². The average molecular weight is 383 g/mol. The van der Waals surface area contributed by atoms with E-state index in [-0.39, 0.29) is 11.8 Å². The van der Waals surface area contributed by atoms with Crippen LogP contribution in [0.3, 0.4) is 0 Å². The Morgan fingerprint density at radius 1 is 1.07 bits per heavy atom. The number of hydrogen-bond acceptors (Lipinski definition) is 3. The van der Waals surface area contributed by atoms with Crippen LogP contribution in [-0.4, -0.2) is 18.9 Å². The predicted octanol–water partition coefficient (Wildman–Crippen LogP) is 4.36. The molecule has 0 saturated heterocycles. The Labute approximate surface area is 164 Å². The molecule has 1 aromatic heterocycles. The van der Waals surface area contributed by atoms with Crippen molar-refractivity contribution in [3.63, 3.8) is 0 Å². The number of anilines is 1. The number of carbonyl (C=O) groups is 2. The lowest BCUT2D eigenvalue weighted by atomic mass is 9.88. The summed E-state index contributed by atoms with van der Waals surface area (Å²) >= 11 is 1.57. The second kappa shape index (κ2) is 7.47. The van der Waals surface area contributed by atoms with Gasteiger partial charge in [-0.2, -0.15) is 0 Å². The predicted molar refractivity (Wildman–Crippen MR) is 110 cm³/mol. The molecule has 5 heteroatoms. The zero-order chi connectivity index (χ0) is 19.0. The van der Waals surface area contributed by atoms with Gasteiger partial charge in [0.15, 0.2) is 0 Å². The molecule has 0 radical (unpaired) electrons. The molecule has 1 heterocycles. The number of benzene rings is 1. The van der Waals surface area contributed by atoms with Gasteiger partial charge in [-0.25, -0.2) is 0 Å². The van der Waals surface area contributed by atoms with Gasteiger partial charge in [0.2, 0.25) is 0 Å². The first-order chi connectivity index (χ1) is 13.1. The van der Waals surface area contributed by atoms with Crippen molar-refractivity contribution in [1.82, 2.24) is 5.32 Å². The number of amides is 2. The average Bonchev–Trinajstić information content (AvgIpc) is 3.03. The second-order valence-electron chi connectivity index (χ2n) is 7.78. The van der Waals surface area contributed by atoms with Crippen LogP contribution in [0.1, 0.15) is 68.5 Å². The van der Waals surface area contributed by atoms with Gasteiger partial charge in [-0.05, 0) is 79.7 Å². The zero-order valence-electron chi connectivity index (χ0n) is 16.0. The normalized spacial score (nSPS) is 18.4. The van der Waals surface area contributed by atoms with Crippen molar-refractivity contribution < 1.29 is 9.59 Å². The van der Waals surface area contributed by atoms with Gasteiger partial charge >= 0.3 is 0 Å². The van der Waals surface area contributed by atoms with E-state index in [1.54, 1.807) is 18.4 Å². The van der Waals surface area contributed by atoms with E-state index in [1.165, 1.54) is 28.8 Å². The van der Waals surface area contributed by atoms with Crippen LogP contribution in [0.2, 0.25) is 0 Å². The van der Waals surface area contributed by atoms with Gasteiger partial charge in [0, 0.05) is 17.5 Å². The standard InChI is InChI=1S/C22H26N2O2S/c1-13-7-10-17-18(11-13)27-22(19(17)21(26)23-2)24-20(25)16-9-8-14-5-3-4-6-15(14)12-16/h8-9,12-13H,3-7,10-11H2,1-2H3,(H,23,26)(H,24,25). The van der Waals surface area contributed by atoms with Crippen molar-refractivity contribution in [3.05, 3.63) is 50.9 Å². The van der Waals surface area contributed by atoms with Crippen LogP contribution in [0.25, 0.3) is 0 Å². The summed E-state index contributed by atoms with van der Waals surface area (Å²) in [7, 11) is 1.65. The summed E-state index contributed by atoms with van der Waals surface area (Å²) in [5.74, 6) is 0.390. The lowest BCUT2D eigenvalue weighted by Crippen LogP contribution is -2.22. The molecule has 0 spiro atoms. The highest BCUT2D eigenvalue weighted by molar-refractivity contribution is 7.17. The summed E-state index contributed by atoms with van der Waals surface area (Å²) in [4.78, 5) is 26.7. The topological polar surface area (TPSA) is 58.2 Å². The van der Waals surface area contributed by atoms with Gasteiger partial charge in [0.05, 0.1) is 5.56 Å². The molecule has 2 aliphatic rings. The molecule has 142 valence electrons. The minimum atomic E-state index is -0.125. The van der Waals surface area contributed by atoms with E-state index in [4.69, 9.17) is 0 Å². The fourth-order valence-corrected chi connectivity index (χ4v) is 5.66. The molecular weight excluding hydrogens is 356 g/mol. The van der Waals surface area contributed by atoms with E-state index in [1.807, 2.05) is 12.1 Å². The van der Waals surface area contributed by atoms with Crippen LogP contribution in [0.15, 0.2) is 18.2 Å². The van der Waals surface area contributed by atoms with Crippen molar-refractivity contribution in [1.29, 1.82) is 0 Å². The van der Waals surface area contributed by atoms with Crippen LogP contribution in [-0.2, 0) is 25.7 Å². The summed E-state index contributed by atoms with van der Waals surface area (Å²) in [6.45, 7) is 2.24. The number of nitrogens with one attached hydrogen (secondary N) is 2. The molecule has 4 nitrogen and oxygen atoms in total. The highest BCUT2D eigenvalue weighted by atomic mass is 32.1. The fourth-order valence-electron chi connectivity index (χ4n) is 4.25. The highest BCUT2D eigenvalue weighted by Gasteiger charge is 2.28. The Bertz CT molecular complexity index is 900. The summed E-state index contributed by atoms with van der Waals surface area (Å²) in [6, 6.07) is 6.03. The molecule has 27 heavy (non-hydrogen) atoms. The molecule has 1 atom stereocenters. The molecule has 1 aromatic carbocycles. The second-order valence-corrected chi connectivity index (χ2v) is 8.88. The van der Waals surface area contributed by atoms with E-state index < -0.39 is 0 Å². The Kier molecular flexibility index (Phi) is 5.04. The molecule has 1 unspecified atom stereocenters. The van der Waals surface area contributed by atoms with Crippen molar-refractivity contribution in [2.45, 2.75) is 51.9 Å². The Hall–Kier alpha value is -2.14. The number of aryl methyl sites for hydroxylation is 2. The Morgan fingerprint density at radius 3 is 2.63 bits per heavy atom. The number of hydrogen-bond donors (Lipinski definition) is 2. The molecule has 0 fully saturated rings. The summed E-state index contributed by atoms with van der Waals surface area (Å²) in [6.07, 6.45) is 7.55. The number of carbonyl (C=O) groups excluding carboxylic acids is 2. The third-order valence-electron chi connectivity index (χ3n) is 5.80. The van der Waals surface area contributed by atoms with Crippen molar-refractivity contribution >= 4 is 28.2 Å². The fraction of sp³-hybridized carbons (Fsp3) is 0.455. The van der Waals surface area contributed by atoms with Crippen LogP contribution < -0.4 is 10.6 Å². The number of rotatable bonds is 3. The summed E-state index contributed by atoms with van der Waals surface area (Å²) in [5.41, 5.74) is 5.12. The molecule has 2 aliphatic carbocycles. The van der Waals surface area contributed by atoms with Gasteiger partial charge in [-0.1, -0.05) is 13.0 Å². The Balaban J connectivity index is 1.64. The van der Waals surface area contributed by atoms with Crippen LogP contribution in [0, 0.1) is 5.92 Å². The number of thiophene rings is 1. The van der Waals surface area contributed by atoms with Crippen LogP contribution in [0.4, 0.5) is 5.00 Å². The SMILES string of the molecule is CNC(=O)c1c(NC(=O)c2ccc3c(c2)CCCC3)sc2c1CCC(C)C2. The molecular formula is C22H26N2O2S. The maximum Gasteiger partial charge on any atom is 0.256 e. The highest BCUT2D eigenvalue weighted by Crippen LogP contribution is 2.39. The van der Waals surface area contributed by atoms with Gasteiger partial charge < -0.3 is 10.6 Å². The maximum absolute atomic E-state index is 12.9. The summed E-state index contributed by atoms with van der Waals surface area (Å²) in [5, 5.41) is 6.47. The van der Waals surface area contributed by atoms with Gasteiger partial charge in [-0.3, -0.25) is 9.59 Å². The molecule has 0 bridgehead atoms. The molecule has 2 N–H and O–H groups in total. The first-order valence-corrected chi connectivity index (χ1v) is 10.7. The monoisotopic (exact) mass is 382 g/mol. The largest absolute Gasteiger partial charge is 0.355 e. The van der Waals surface area contributed by atoms with E-state index in [0.717, 1.165) is 37.7 Å². The Morgan fingerprint density at radius 2 is 1.85 bits per heavy atom. The molecule has 2 aromatic rings. The minimum Gasteiger partial charge on any atom is -0.355 e. The molecule has 0 saturated carbocycles. The van der Waals surface area contributed by atoms with Crippen molar-refractivity contribution in [3.8, 4) is 0 Å². The van der Waals surface area contributed by atoms with Crippen LogP contribution >= 0.6 is 11.3 Å². The first-order valence-electron chi connectivity index (χ1n) is 9.86. The van der Waals surface area contributed by atoms with E-state index in [0.29, 0.717) is 22.0 Å². The third kappa shape index (κ3) is 3.53. The first kappa shape index (κ1) is 18.2. The van der Waals surface area contributed by atoms with Crippen molar-refractivity contribution in [2.24, 2.45) is 5.92 Å². The lowest BCUT2D eigenvalue weighted by molar-refractivity contribution is 0.0963. The number of fused-ring (bicyclic) bond motifs is 2. The minimum absolute atomic E-state index is 0.109. The zero-order valence-corrected chi connectivity index (χ0v) is 16.8. The smallest absolute Gasteiger partial charge is 0.256 e. The lowest BCUT2D eigenvalue weighted by Gasteiger charge is -2.18. The van der Waals surface area contributed by atoms with Gasteiger partial charge in [0.25, 0.3) is 11.8 Å². The van der Waals surface area contributed by atoms with E-state index >= 15 is 0 Å². The quantitative estimate of drug-likeness (QED) is 0.828. The van der Waals surface area contributed by atoms with Crippen molar-refractivity contribution in [2.75, 3.05) is 12.4 Å². The molecule has 0 aliphatic heterocycles. The molecule has 2 amide bonds. The van der Waals surface area contributed by atoms with E-state index in [9.17, 15) is 9.59 Å². The van der Waals surface area contributed by atoms with Crippen LogP contribution in [0.5, 0.6) is 0 Å². The summed E-state index contributed by atoms with van der Waals surface area (Å²) < 4.78 is 0. The van der Waals surface area contributed by atoms with Gasteiger partial charge in [0.1, 0.15) is 5.00 Å². The molecule has 4 rings (SSSR count).